The number of hydrogen-bond donors (Lipinski definition) is 1. The second-order valence-electron chi connectivity index (χ2n) is 6.38. The molecule has 0 saturated heterocycles. The Kier molecular flexibility index (Phi) is 5.41. The maximum atomic E-state index is 5.68. The van der Waals surface area contributed by atoms with Crippen molar-refractivity contribution in [3.05, 3.63) is 47.8 Å². The smallest absolute Gasteiger partial charge is 0.122 e. The number of hydrogen-bond acceptors (Lipinski definition) is 4. The minimum Gasteiger partial charge on any atom is -0.337 e. The van der Waals surface area contributed by atoms with Gasteiger partial charge in [0.15, 0.2) is 0 Å². The van der Waals surface area contributed by atoms with E-state index in [1.165, 1.54) is 24.1 Å². The van der Waals surface area contributed by atoms with Crippen LogP contribution in [0.25, 0.3) is 0 Å². The van der Waals surface area contributed by atoms with Gasteiger partial charge in [-0.15, -0.1) is 0 Å². The SMILES string of the molecule is Cn1ccnc1CN(CCCCN)C1CCCc2cccnc21. The Labute approximate surface area is 138 Å². The number of rotatable bonds is 7. The number of fused-ring (bicyclic) bond motifs is 1. The van der Waals surface area contributed by atoms with Crippen LogP contribution in [0.15, 0.2) is 30.7 Å². The fourth-order valence-electron chi connectivity index (χ4n) is 3.48. The predicted octanol–water partition coefficient (Wildman–Crippen LogP) is 2.43. The van der Waals surface area contributed by atoms with Gasteiger partial charge in [-0.05, 0) is 56.8 Å². The average Bonchev–Trinajstić information content (AvgIpc) is 2.98. The van der Waals surface area contributed by atoms with E-state index >= 15 is 0 Å². The minimum absolute atomic E-state index is 0.398. The molecule has 0 amide bonds. The Balaban J connectivity index is 1.81. The summed E-state index contributed by atoms with van der Waals surface area (Å²) < 4.78 is 2.11. The van der Waals surface area contributed by atoms with Gasteiger partial charge in [0, 0.05) is 25.6 Å². The highest BCUT2D eigenvalue weighted by molar-refractivity contribution is 5.25. The predicted molar refractivity (Wildman–Crippen MR) is 91.8 cm³/mol. The Bertz CT molecular complexity index is 621. The number of pyridine rings is 1. The lowest BCUT2D eigenvalue weighted by Gasteiger charge is -2.34. The normalized spacial score (nSPS) is 17.4. The maximum absolute atomic E-state index is 5.68. The monoisotopic (exact) mass is 313 g/mol. The van der Waals surface area contributed by atoms with Gasteiger partial charge in [0.2, 0.25) is 0 Å². The number of nitrogens with two attached hydrogens (primary N) is 1. The molecule has 5 nitrogen and oxygen atoms in total. The molecule has 1 atom stereocenters. The molecule has 1 aliphatic carbocycles. The van der Waals surface area contributed by atoms with E-state index in [2.05, 4.69) is 33.6 Å². The van der Waals surface area contributed by atoms with Crippen molar-refractivity contribution in [2.75, 3.05) is 13.1 Å². The third-order valence-corrected chi connectivity index (χ3v) is 4.77. The molecule has 2 heterocycles. The highest BCUT2D eigenvalue weighted by Gasteiger charge is 2.27. The number of aromatic nitrogens is 3. The first kappa shape index (κ1) is 16.1. The van der Waals surface area contributed by atoms with Crippen molar-refractivity contribution in [2.45, 2.75) is 44.7 Å². The van der Waals surface area contributed by atoms with Crippen LogP contribution in [0.2, 0.25) is 0 Å². The molecule has 2 N–H and O–H groups in total. The van der Waals surface area contributed by atoms with Crippen LogP contribution in [0.3, 0.4) is 0 Å². The fraction of sp³-hybridized carbons (Fsp3) is 0.556. The van der Waals surface area contributed by atoms with Gasteiger partial charge in [0.05, 0.1) is 18.3 Å². The van der Waals surface area contributed by atoms with E-state index in [1.807, 2.05) is 18.6 Å². The zero-order chi connectivity index (χ0) is 16.1. The zero-order valence-corrected chi connectivity index (χ0v) is 14.0. The van der Waals surface area contributed by atoms with Gasteiger partial charge in [0.1, 0.15) is 5.82 Å². The molecule has 1 unspecified atom stereocenters. The Morgan fingerprint density at radius 1 is 1.30 bits per heavy atom. The highest BCUT2D eigenvalue weighted by Crippen LogP contribution is 2.33. The van der Waals surface area contributed by atoms with Crippen molar-refractivity contribution < 1.29 is 0 Å². The Morgan fingerprint density at radius 3 is 3.00 bits per heavy atom. The van der Waals surface area contributed by atoms with Gasteiger partial charge in [-0.3, -0.25) is 9.88 Å². The first-order chi connectivity index (χ1) is 11.3. The van der Waals surface area contributed by atoms with E-state index in [-0.39, 0.29) is 0 Å². The zero-order valence-electron chi connectivity index (χ0n) is 14.0. The quantitative estimate of drug-likeness (QED) is 0.798. The maximum Gasteiger partial charge on any atom is 0.122 e. The van der Waals surface area contributed by atoms with Gasteiger partial charge in [-0.25, -0.2) is 4.98 Å². The summed E-state index contributed by atoms with van der Waals surface area (Å²) in [5, 5.41) is 0. The van der Waals surface area contributed by atoms with Crippen molar-refractivity contribution in [1.82, 2.24) is 19.4 Å². The third kappa shape index (κ3) is 3.79. The van der Waals surface area contributed by atoms with Gasteiger partial charge >= 0.3 is 0 Å². The highest BCUT2D eigenvalue weighted by atomic mass is 15.2. The summed E-state index contributed by atoms with van der Waals surface area (Å²) in [7, 11) is 2.06. The van der Waals surface area contributed by atoms with Crippen LogP contribution in [0.5, 0.6) is 0 Å². The third-order valence-electron chi connectivity index (χ3n) is 4.77. The Hall–Kier alpha value is -1.72. The summed E-state index contributed by atoms with van der Waals surface area (Å²) in [6.07, 6.45) is 11.6. The molecule has 124 valence electrons. The molecule has 0 saturated carbocycles. The number of unbranched alkanes of at least 4 members (excludes halogenated alkanes) is 1. The average molecular weight is 313 g/mol. The first-order valence-corrected chi connectivity index (χ1v) is 8.63. The van der Waals surface area contributed by atoms with Crippen molar-refractivity contribution in [1.29, 1.82) is 0 Å². The summed E-state index contributed by atoms with van der Waals surface area (Å²) >= 11 is 0. The largest absolute Gasteiger partial charge is 0.337 e. The molecule has 0 aliphatic heterocycles. The van der Waals surface area contributed by atoms with Gasteiger partial charge in [0.25, 0.3) is 0 Å². The second kappa shape index (κ2) is 7.70. The van der Waals surface area contributed by atoms with Gasteiger partial charge in [-0.2, -0.15) is 0 Å². The number of aryl methyl sites for hydroxylation is 2. The minimum atomic E-state index is 0.398. The first-order valence-electron chi connectivity index (χ1n) is 8.63. The van der Waals surface area contributed by atoms with E-state index in [0.717, 1.165) is 44.7 Å². The molecule has 0 radical (unpaired) electrons. The van der Waals surface area contributed by atoms with E-state index in [0.29, 0.717) is 6.04 Å². The molecule has 0 bridgehead atoms. The lowest BCUT2D eigenvalue weighted by molar-refractivity contribution is 0.157. The molecular formula is C18H27N5. The number of nitrogens with zero attached hydrogens (tertiary/aromatic N) is 4. The van der Waals surface area contributed by atoms with Crippen LogP contribution in [0.4, 0.5) is 0 Å². The van der Waals surface area contributed by atoms with Crippen LogP contribution < -0.4 is 5.73 Å². The van der Waals surface area contributed by atoms with Crippen molar-refractivity contribution in [3.63, 3.8) is 0 Å². The van der Waals surface area contributed by atoms with Crippen LogP contribution in [0.1, 0.15) is 48.8 Å². The molecule has 2 aromatic heterocycles. The van der Waals surface area contributed by atoms with Crippen molar-refractivity contribution in [2.24, 2.45) is 12.8 Å². The van der Waals surface area contributed by atoms with E-state index < -0.39 is 0 Å². The molecule has 3 rings (SSSR count). The molecule has 0 aromatic carbocycles. The molecule has 0 fully saturated rings. The van der Waals surface area contributed by atoms with Crippen molar-refractivity contribution >= 4 is 0 Å². The molecule has 5 heteroatoms. The Morgan fingerprint density at radius 2 is 2.22 bits per heavy atom. The molecule has 0 spiro atoms. The summed E-state index contributed by atoms with van der Waals surface area (Å²) in [5.74, 6) is 1.11. The van der Waals surface area contributed by atoms with Crippen LogP contribution in [0, 0.1) is 0 Å². The van der Waals surface area contributed by atoms with E-state index in [9.17, 15) is 0 Å². The molecule has 1 aliphatic rings. The molecular weight excluding hydrogens is 286 g/mol. The summed E-state index contributed by atoms with van der Waals surface area (Å²) in [5.41, 5.74) is 8.36. The van der Waals surface area contributed by atoms with Crippen molar-refractivity contribution in [3.8, 4) is 0 Å². The topological polar surface area (TPSA) is 60.0 Å². The van der Waals surface area contributed by atoms with E-state index in [1.54, 1.807) is 0 Å². The molecule has 2 aromatic rings. The lowest BCUT2D eigenvalue weighted by Crippen LogP contribution is -2.33. The standard InChI is InChI=1S/C18H27N5/c1-22-13-11-20-17(22)14-23(12-3-2-9-19)16-8-4-6-15-7-5-10-21-18(15)16/h5,7,10-11,13,16H,2-4,6,8-9,12,14,19H2,1H3. The number of imidazole rings is 1. The fourth-order valence-corrected chi connectivity index (χ4v) is 3.48. The van der Waals surface area contributed by atoms with Gasteiger partial charge < -0.3 is 10.3 Å². The lowest BCUT2D eigenvalue weighted by atomic mass is 9.90. The van der Waals surface area contributed by atoms with Crippen LogP contribution in [-0.4, -0.2) is 32.5 Å². The molecule has 23 heavy (non-hydrogen) atoms. The van der Waals surface area contributed by atoms with Crippen LogP contribution >= 0.6 is 0 Å². The van der Waals surface area contributed by atoms with E-state index in [4.69, 9.17) is 10.7 Å². The summed E-state index contributed by atoms with van der Waals surface area (Å²) in [6.45, 7) is 2.68. The second-order valence-corrected chi connectivity index (χ2v) is 6.38. The van der Waals surface area contributed by atoms with Gasteiger partial charge in [-0.1, -0.05) is 6.07 Å². The summed E-state index contributed by atoms with van der Waals surface area (Å²) in [4.78, 5) is 11.8. The summed E-state index contributed by atoms with van der Waals surface area (Å²) in [6, 6.07) is 4.68. The van der Waals surface area contributed by atoms with Crippen LogP contribution in [-0.2, 0) is 20.0 Å².